The number of halogens is 1. The van der Waals surface area contributed by atoms with Gasteiger partial charge in [0.1, 0.15) is 11.6 Å². The van der Waals surface area contributed by atoms with Crippen LogP contribution in [0.1, 0.15) is 16.7 Å². The van der Waals surface area contributed by atoms with E-state index in [0.717, 1.165) is 22.4 Å². The first-order chi connectivity index (χ1) is 11.1. The fourth-order valence-electron chi connectivity index (χ4n) is 2.24. The third-order valence-electron chi connectivity index (χ3n) is 3.40. The van der Waals surface area contributed by atoms with Gasteiger partial charge in [-0.3, -0.25) is 4.99 Å². The van der Waals surface area contributed by atoms with Crippen molar-refractivity contribution < 1.29 is 9.13 Å². The molecule has 23 heavy (non-hydrogen) atoms. The molecule has 0 aromatic heterocycles. The Morgan fingerprint density at radius 2 is 1.70 bits per heavy atom. The quantitative estimate of drug-likeness (QED) is 0.658. The van der Waals surface area contributed by atoms with Crippen molar-refractivity contribution in [2.45, 2.75) is 20.0 Å². The second-order valence-corrected chi connectivity index (χ2v) is 5.26. The van der Waals surface area contributed by atoms with E-state index in [4.69, 9.17) is 4.74 Å². The van der Waals surface area contributed by atoms with Crippen molar-refractivity contribution in [3.63, 3.8) is 0 Å². The van der Waals surface area contributed by atoms with Gasteiger partial charge in [-0.1, -0.05) is 18.2 Å². The largest absolute Gasteiger partial charge is 0.497 e. The summed E-state index contributed by atoms with van der Waals surface area (Å²) in [5.41, 5.74) is 3.26. The van der Waals surface area contributed by atoms with Crippen LogP contribution in [0.15, 0.2) is 47.5 Å². The minimum Gasteiger partial charge on any atom is -0.497 e. The lowest BCUT2D eigenvalue weighted by Crippen LogP contribution is -2.36. The molecule has 4 nitrogen and oxygen atoms in total. The SMILES string of the molecule is CN=C(NCc1ccc(F)cc1)NCc1cc(C)cc(OC)c1. The van der Waals surface area contributed by atoms with E-state index in [1.807, 2.05) is 19.1 Å². The first-order valence-corrected chi connectivity index (χ1v) is 7.44. The molecular weight excluding hydrogens is 293 g/mol. The highest BCUT2D eigenvalue weighted by Gasteiger charge is 2.02. The third kappa shape index (κ3) is 5.29. The highest BCUT2D eigenvalue weighted by Crippen LogP contribution is 2.16. The molecule has 0 bridgehead atoms. The number of guanidine groups is 1. The number of aryl methyl sites for hydroxylation is 1. The molecule has 0 unspecified atom stereocenters. The summed E-state index contributed by atoms with van der Waals surface area (Å²) in [6.45, 7) is 3.26. The number of hydrogen-bond acceptors (Lipinski definition) is 2. The molecule has 2 aromatic carbocycles. The van der Waals surface area contributed by atoms with Crippen molar-refractivity contribution in [2.24, 2.45) is 4.99 Å². The highest BCUT2D eigenvalue weighted by atomic mass is 19.1. The summed E-state index contributed by atoms with van der Waals surface area (Å²) in [4.78, 5) is 4.19. The molecule has 0 spiro atoms. The first-order valence-electron chi connectivity index (χ1n) is 7.44. The Morgan fingerprint density at radius 3 is 2.30 bits per heavy atom. The Hall–Kier alpha value is -2.56. The summed E-state index contributed by atoms with van der Waals surface area (Å²) < 4.78 is 18.2. The number of methoxy groups -OCH3 is 1. The topological polar surface area (TPSA) is 45.7 Å². The van der Waals surface area contributed by atoms with Crippen molar-refractivity contribution in [3.8, 4) is 5.75 Å². The molecule has 2 aromatic rings. The summed E-state index contributed by atoms with van der Waals surface area (Å²) in [7, 11) is 3.38. The van der Waals surface area contributed by atoms with Gasteiger partial charge >= 0.3 is 0 Å². The smallest absolute Gasteiger partial charge is 0.191 e. The molecular formula is C18H22FN3O. The van der Waals surface area contributed by atoms with Gasteiger partial charge in [0.15, 0.2) is 5.96 Å². The van der Waals surface area contributed by atoms with Crippen LogP contribution in [-0.2, 0) is 13.1 Å². The Labute approximate surface area is 136 Å². The number of nitrogens with zero attached hydrogens (tertiary/aromatic N) is 1. The Morgan fingerprint density at radius 1 is 1.04 bits per heavy atom. The van der Waals surface area contributed by atoms with Gasteiger partial charge in [-0.25, -0.2) is 4.39 Å². The molecule has 0 aliphatic rings. The highest BCUT2D eigenvalue weighted by molar-refractivity contribution is 5.79. The minimum atomic E-state index is -0.232. The van der Waals surface area contributed by atoms with E-state index in [-0.39, 0.29) is 5.82 Å². The predicted octanol–water partition coefficient (Wildman–Crippen LogP) is 3.01. The summed E-state index contributed by atoms with van der Waals surface area (Å²) in [6.07, 6.45) is 0. The van der Waals surface area contributed by atoms with Gasteiger partial charge < -0.3 is 15.4 Å². The van der Waals surface area contributed by atoms with Crippen molar-refractivity contribution >= 4 is 5.96 Å². The molecule has 0 atom stereocenters. The maximum Gasteiger partial charge on any atom is 0.191 e. The van der Waals surface area contributed by atoms with Crippen LogP contribution < -0.4 is 15.4 Å². The van der Waals surface area contributed by atoms with Crippen LogP contribution in [0.5, 0.6) is 5.75 Å². The number of nitrogens with one attached hydrogen (secondary N) is 2. The van der Waals surface area contributed by atoms with E-state index in [2.05, 4.69) is 21.7 Å². The fourth-order valence-corrected chi connectivity index (χ4v) is 2.24. The monoisotopic (exact) mass is 315 g/mol. The minimum absolute atomic E-state index is 0.232. The molecule has 0 aliphatic heterocycles. The lowest BCUT2D eigenvalue weighted by Gasteiger charge is -2.13. The second kappa shape index (κ2) is 8.17. The second-order valence-electron chi connectivity index (χ2n) is 5.26. The van der Waals surface area contributed by atoms with E-state index < -0.39 is 0 Å². The van der Waals surface area contributed by atoms with E-state index in [9.17, 15) is 4.39 Å². The van der Waals surface area contributed by atoms with Gasteiger partial charge in [0.2, 0.25) is 0 Å². The lowest BCUT2D eigenvalue weighted by atomic mass is 10.1. The first kappa shape index (κ1) is 16.8. The number of aliphatic imine (C=N–C) groups is 1. The summed E-state index contributed by atoms with van der Waals surface area (Å²) in [6, 6.07) is 12.5. The summed E-state index contributed by atoms with van der Waals surface area (Å²) >= 11 is 0. The van der Waals surface area contributed by atoms with Crippen LogP contribution in [-0.4, -0.2) is 20.1 Å². The van der Waals surface area contributed by atoms with Gasteiger partial charge in [-0.2, -0.15) is 0 Å². The van der Waals surface area contributed by atoms with Crippen LogP contribution in [0.3, 0.4) is 0 Å². The molecule has 0 aliphatic carbocycles. The van der Waals surface area contributed by atoms with Gasteiger partial charge in [-0.15, -0.1) is 0 Å². The van der Waals surface area contributed by atoms with Crippen LogP contribution in [0, 0.1) is 12.7 Å². The van der Waals surface area contributed by atoms with Crippen LogP contribution in [0.4, 0.5) is 4.39 Å². The zero-order valence-corrected chi connectivity index (χ0v) is 13.7. The molecule has 0 saturated heterocycles. The molecule has 2 rings (SSSR count). The summed E-state index contributed by atoms with van der Waals surface area (Å²) in [5.74, 6) is 1.30. The lowest BCUT2D eigenvalue weighted by molar-refractivity contribution is 0.414. The number of ether oxygens (including phenoxy) is 1. The van der Waals surface area contributed by atoms with Gasteiger partial charge in [0, 0.05) is 20.1 Å². The predicted molar refractivity (Wildman–Crippen MR) is 91.2 cm³/mol. The standard InChI is InChI=1S/C18H22FN3O/c1-13-8-15(10-17(9-13)23-3)12-22-18(20-2)21-11-14-4-6-16(19)7-5-14/h4-10H,11-12H2,1-3H3,(H2,20,21,22). The maximum atomic E-state index is 12.9. The molecule has 5 heteroatoms. The van der Waals surface area contributed by atoms with Crippen molar-refractivity contribution in [2.75, 3.05) is 14.2 Å². The van der Waals surface area contributed by atoms with E-state index >= 15 is 0 Å². The van der Waals surface area contributed by atoms with Gasteiger partial charge in [0.05, 0.1) is 7.11 Å². The van der Waals surface area contributed by atoms with Crippen LogP contribution >= 0.6 is 0 Å². The van der Waals surface area contributed by atoms with Crippen molar-refractivity contribution in [1.29, 1.82) is 0 Å². The molecule has 0 fully saturated rings. The number of benzene rings is 2. The molecule has 0 heterocycles. The third-order valence-corrected chi connectivity index (χ3v) is 3.40. The van der Waals surface area contributed by atoms with Gasteiger partial charge in [0.25, 0.3) is 0 Å². The van der Waals surface area contributed by atoms with Crippen LogP contribution in [0.2, 0.25) is 0 Å². The Bertz CT molecular complexity index is 668. The average Bonchev–Trinajstić information content (AvgIpc) is 2.56. The van der Waals surface area contributed by atoms with E-state index in [1.54, 1.807) is 26.3 Å². The molecule has 0 radical (unpaired) electrons. The van der Waals surface area contributed by atoms with E-state index in [1.165, 1.54) is 12.1 Å². The normalized spacial score (nSPS) is 11.2. The maximum absolute atomic E-state index is 12.9. The van der Waals surface area contributed by atoms with Crippen molar-refractivity contribution in [3.05, 3.63) is 65.0 Å². The molecule has 0 amide bonds. The average molecular weight is 315 g/mol. The van der Waals surface area contributed by atoms with Gasteiger partial charge in [-0.05, 0) is 47.9 Å². The summed E-state index contributed by atoms with van der Waals surface area (Å²) in [5, 5.41) is 6.46. The van der Waals surface area contributed by atoms with Crippen molar-refractivity contribution in [1.82, 2.24) is 10.6 Å². The Balaban J connectivity index is 1.90. The molecule has 2 N–H and O–H groups in total. The number of hydrogen-bond donors (Lipinski definition) is 2. The Kier molecular flexibility index (Phi) is 5.97. The van der Waals surface area contributed by atoms with E-state index in [0.29, 0.717) is 19.0 Å². The zero-order chi connectivity index (χ0) is 16.7. The number of rotatable bonds is 5. The molecule has 0 saturated carbocycles. The fraction of sp³-hybridized carbons (Fsp3) is 0.278. The van der Waals surface area contributed by atoms with Crippen LogP contribution in [0.25, 0.3) is 0 Å². The zero-order valence-electron chi connectivity index (χ0n) is 13.7. The molecule has 122 valence electrons.